The fourth-order valence-corrected chi connectivity index (χ4v) is 5.82. The van der Waals surface area contributed by atoms with Gasteiger partial charge in [0.05, 0.1) is 6.54 Å². The summed E-state index contributed by atoms with van der Waals surface area (Å²) in [4.78, 5) is 26.2. The van der Waals surface area contributed by atoms with Crippen LogP contribution in [0.5, 0.6) is 0 Å². The van der Waals surface area contributed by atoms with E-state index in [4.69, 9.17) is 0 Å². The van der Waals surface area contributed by atoms with Crippen molar-refractivity contribution in [2.45, 2.75) is 17.1 Å². The van der Waals surface area contributed by atoms with Gasteiger partial charge in [0, 0.05) is 31.7 Å². The molecule has 2 amide bonds. The number of thiophene rings is 1. The van der Waals surface area contributed by atoms with Crippen molar-refractivity contribution in [3.05, 3.63) is 47.8 Å². The molecule has 7 nitrogen and oxygen atoms in total. The lowest BCUT2D eigenvalue weighted by Gasteiger charge is -2.32. The van der Waals surface area contributed by atoms with Crippen molar-refractivity contribution >= 4 is 38.9 Å². The van der Waals surface area contributed by atoms with Crippen LogP contribution in [0.15, 0.2) is 52.1 Å². The highest BCUT2D eigenvalue weighted by molar-refractivity contribution is 7.91. The lowest BCUT2D eigenvalue weighted by Crippen LogP contribution is -2.44. The van der Waals surface area contributed by atoms with E-state index in [9.17, 15) is 18.0 Å². The Morgan fingerprint density at radius 3 is 2.43 bits per heavy atom. The van der Waals surface area contributed by atoms with Gasteiger partial charge in [0.2, 0.25) is 11.8 Å². The molecule has 150 valence electrons. The van der Waals surface area contributed by atoms with E-state index in [1.165, 1.54) is 20.5 Å². The van der Waals surface area contributed by atoms with Crippen LogP contribution in [0.4, 0.5) is 5.69 Å². The number of hydrogen-bond acceptors (Lipinski definition) is 5. The summed E-state index contributed by atoms with van der Waals surface area (Å²) in [6, 6.07) is 12.4. The van der Waals surface area contributed by atoms with Crippen molar-refractivity contribution in [2.24, 2.45) is 5.92 Å². The molecule has 1 aliphatic heterocycles. The fraction of sp³-hybridized carbons (Fsp3) is 0.368. The zero-order valence-electron chi connectivity index (χ0n) is 15.6. The predicted molar refractivity (Wildman–Crippen MR) is 109 cm³/mol. The number of benzene rings is 1. The van der Waals surface area contributed by atoms with Crippen LogP contribution in [-0.2, 0) is 19.6 Å². The van der Waals surface area contributed by atoms with E-state index in [-0.39, 0.29) is 24.3 Å². The molecule has 0 bridgehead atoms. The molecular weight excluding hydrogens is 398 g/mol. The van der Waals surface area contributed by atoms with E-state index >= 15 is 0 Å². The van der Waals surface area contributed by atoms with E-state index in [2.05, 4.69) is 5.32 Å². The summed E-state index contributed by atoms with van der Waals surface area (Å²) < 4.78 is 26.9. The van der Waals surface area contributed by atoms with Crippen LogP contribution in [-0.4, -0.2) is 56.1 Å². The molecule has 2 aromatic rings. The van der Waals surface area contributed by atoms with Crippen molar-refractivity contribution in [2.75, 3.05) is 32.0 Å². The molecular formula is C19H23N3O4S2. The lowest BCUT2D eigenvalue weighted by molar-refractivity contribution is -0.138. The predicted octanol–water partition coefficient (Wildman–Crippen LogP) is 2.25. The van der Waals surface area contributed by atoms with Gasteiger partial charge < -0.3 is 10.2 Å². The van der Waals surface area contributed by atoms with Crippen LogP contribution < -0.4 is 5.32 Å². The Balaban J connectivity index is 1.51. The molecule has 0 spiro atoms. The molecule has 0 radical (unpaired) electrons. The normalized spacial score (nSPS) is 15.9. The average molecular weight is 422 g/mol. The molecule has 1 N–H and O–H groups in total. The quantitative estimate of drug-likeness (QED) is 0.775. The van der Waals surface area contributed by atoms with Gasteiger partial charge >= 0.3 is 0 Å². The van der Waals surface area contributed by atoms with E-state index in [0.717, 1.165) is 0 Å². The molecule has 9 heteroatoms. The van der Waals surface area contributed by atoms with Crippen LogP contribution in [0.3, 0.4) is 0 Å². The SMILES string of the molecule is CN(CC(=O)Nc1ccccc1)C(=O)C1CCN(S(=O)(=O)c2cccs2)CC1. The highest BCUT2D eigenvalue weighted by atomic mass is 32.2. The van der Waals surface area contributed by atoms with E-state index < -0.39 is 10.0 Å². The molecule has 2 heterocycles. The van der Waals surface area contributed by atoms with Crippen LogP contribution >= 0.6 is 11.3 Å². The number of piperidine rings is 1. The summed E-state index contributed by atoms with van der Waals surface area (Å²) in [7, 11) is -1.88. The second-order valence-electron chi connectivity index (χ2n) is 6.72. The number of anilines is 1. The van der Waals surface area contributed by atoms with Gasteiger partial charge in [-0.05, 0) is 36.4 Å². The maximum Gasteiger partial charge on any atom is 0.252 e. The highest BCUT2D eigenvalue weighted by Gasteiger charge is 2.33. The summed E-state index contributed by atoms with van der Waals surface area (Å²) in [6.45, 7) is 0.572. The second-order valence-corrected chi connectivity index (χ2v) is 9.83. The lowest BCUT2D eigenvalue weighted by atomic mass is 9.96. The van der Waals surface area contributed by atoms with Crippen LogP contribution in [0.2, 0.25) is 0 Å². The Hall–Kier alpha value is -2.23. The smallest absolute Gasteiger partial charge is 0.252 e. The summed E-state index contributed by atoms with van der Waals surface area (Å²) >= 11 is 1.19. The van der Waals surface area contributed by atoms with Crippen molar-refractivity contribution in [3.8, 4) is 0 Å². The summed E-state index contributed by atoms with van der Waals surface area (Å²) in [5.41, 5.74) is 0.681. The largest absolute Gasteiger partial charge is 0.336 e. The van der Waals surface area contributed by atoms with Crippen LogP contribution in [0.1, 0.15) is 12.8 Å². The number of rotatable bonds is 6. The molecule has 1 aliphatic rings. The van der Waals surface area contributed by atoms with Gasteiger partial charge in [-0.3, -0.25) is 9.59 Å². The van der Waals surface area contributed by atoms with Gasteiger partial charge in [0.15, 0.2) is 0 Å². The number of likely N-dealkylation sites (N-methyl/N-ethyl adjacent to an activating group) is 1. The third kappa shape index (κ3) is 4.78. The topological polar surface area (TPSA) is 86.8 Å². The Morgan fingerprint density at radius 2 is 1.82 bits per heavy atom. The first kappa shape index (κ1) is 20.5. The Kier molecular flexibility index (Phi) is 6.48. The van der Waals surface area contributed by atoms with Crippen LogP contribution in [0.25, 0.3) is 0 Å². The molecule has 1 saturated heterocycles. The minimum atomic E-state index is -3.48. The third-order valence-electron chi connectivity index (χ3n) is 4.71. The molecule has 0 atom stereocenters. The van der Waals surface area contributed by atoms with Gasteiger partial charge in [0.25, 0.3) is 10.0 Å². The third-order valence-corrected chi connectivity index (χ3v) is 7.98. The first-order chi connectivity index (χ1) is 13.4. The summed E-state index contributed by atoms with van der Waals surface area (Å²) in [5, 5.41) is 4.49. The standard InChI is InChI=1S/C19H23N3O4S2/c1-21(14-17(23)20-16-6-3-2-4-7-16)19(24)15-9-11-22(12-10-15)28(25,26)18-8-5-13-27-18/h2-8,13,15H,9-12,14H2,1H3,(H,20,23). The minimum Gasteiger partial charge on any atom is -0.336 e. The van der Waals surface area contributed by atoms with Crippen molar-refractivity contribution in [3.63, 3.8) is 0 Å². The summed E-state index contributed by atoms with van der Waals surface area (Å²) in [5.74, 6) is -0.666. The Labute approximate surface area is 169 Å². The van der Waals surface area contributed by atoms with Crippen LogP contribution in [0, 0.1) is 5.92 Å². The molecule has 1 aromatic heterocycles. The Morgan fingerprint density at radius 1 is 1.14 bits per heavy atom. The first-order valence-corrected chi connectivity index (χ1v) is 11.3. The molecule has 1 aromatic carbocycles. The number of nitrogens with zero attached hydrogens (tertiary/aromatic N) is 2. The molecule has 0 aliphatic carbocycles. The number of para-hydroxylation sites is 1. The maximum absolute atomic E-state index is 12.7. The van der Waals surface area contributed by atoms with Crippen molar-refractivity contribution < 1.29 is 18.0 Å². The Bertz CT molecular complexity index is 906. The average Bonchev–Trinajstić information content (AvgIpc) is 3.24. The number of hydrogen-bond donors (Lipinski definition) is 1. The summed E-state index contributed by atoms with van der Waals surface area (Å²) in [6.07, 6.45) is 0.905. The number of sulfonamides is 1. The fourth-order valence-electron chi connectivity index (χ4n) is 3.21. The maximum atomic E-state index is 12.7. The second kappa shape index (κ2) is 8.85. The zero-order chi connectivity index (χ0) is 20.1. The highest BCUT2D eigenvalue weighted by Crippen LogP contribution is 2.27. The van der Waals surface area contributed by atoms with Gasteiger partial charge in [-0.15, -0.1) is 11.3 Å². The van der Waals surface area contributed by atoms with E-state index in [1.54, 1.807) is 36.7 Å². The van der Waals surface area contributed by atoms with E-state index in [0.29, 0.717) is 35.8 Å². The van der Waals surface area contributed by atoms with Gasteiger partial charge in [-0.2, -0.15) is 4.31 Å². The first-order valence-electron chi connectivity index (χ1n) is 9.01. The molecule has 1 fully saturated rings. The number of nitrogens with one attached hydrogen (secondary N) is 1. The molecule has 3 rings (SSSR count). The molecule has 0 saturated carbocycles. The van der Waals surface area contributed by atoms with E-state index in [1.807, 2.05) is 18.2 Å². The number of carbonyl (C=O) groups is 2. The van der Waals surface area contributed by atoms with Gasteiger partial charge in [0.1, 0.15) is 4.21 Å². The number of amides is 2. The zero-order valence-corrected chi connectivity index (χ0v) is 17.2. The minimum absolute atomic E-state index is 0.0402. The monoisotopic (exact) mass is 421 g/mol. The number of carbonyl (C=O) groups excluding carboxylic acids is 2. The van der Waals surface area contributed by atoms with Gasteiger partial charge in [-0.1, -0.05) is 24.3 Å². The van der Waals surface area contributed by atoms with Crippen molar-refractivity contribution in [1.29, 1.82) is 0 Å². The van der Waals surface area contributed by atoms with Crippen molar-refractivity contribution in [1.82, 2.24) is 9.21 Å². The molecule has 28 heavy (non-hydrogen) atoms. The van der Waals surface area contributed by atoms with Gasteiger partial charge in [-0.25, -0.2) is 8.42 Å². The molecule has 0 unspecified atom stereocenters.